The summed E-state index contributed by atoms with van der Waals surface area (Å²) in [4.78, 5) is 9.80. The van der Waals surface area contributed by atoms with Crippen molar-refractivity contribution in [3.63, 3.8) is 0 Å². The van der Waals surface area contributed by atoms with E-state index < -0.39 is 89.8 Å². The van der Waals surface area contributed by atoms with E-state index in [1.807, 2.05) is 0 Å². The van der Waals surface area contributed by atoms with Gasteiger partial charge in [0.15, 0.2) is 37.7 Å². The normalized spacial score (nSPS) is 12.6. The number of phenolic OH excluding ortho intramolecular Hbond substituents is 1. The van der Waals surface area contributed by atoms with E-state index >= 15 is 0 Å². The van der Waals surface area contributed by atoms with Gasteiger partial charge in [0.05, 0.1) is 50.5 Å². The highest BCUT2D eigenvalue weighted by molar-refractivity contribution is 7.94. The Bertz CT molecular complexity index is 3490. The molecule has 0 amide bonds. The van der Waals surface area contributed by atoms with Crippen LogP contribution in [0.15, 0.2) is 124 Å². The van der Waals surface area contributed by atoms with Crippen LogP contribution in [0.4, 0.5) is 51.7 Å². The zero-order chi connectivity index (χ0) is 51.7. The highest BCUT2D eigenvalue weighted by Crippen LogP contribution is 2.48. The smallest absolute Gasteiger partial charge is 0.296 e. The van der Waals surface area contributed by atoms with Gasteiger partial charge in [-0.25, -0.2) is 27.4 Å². The van der Waals surface area contributed by atoms with Crippen LogP contribution in [0, 0.1) is 0 Å². The number of fused-ring (bicyclic) bond motifs is 1. The fourth-order valence-corrected chi connectivity index (χ4v) is 10.7. The van der Waals surface area contributed by atoms with Crippen LogP contribution in [0.3, 0.4) is 0 Å². The third kappa shape index (κ3) is 14.0. The number of hydrogen-bond donors (Lipinski definition) is 8. The predicted octanol–water partition coefficient (Wildman–Crippen LogP) is 8.16. The largest absolute Gasteiger partial charge is 0.505 e. The van der Waals surface area contributed by atoms with E-state index in [1.165, 1.54) is 48.5 Å². The Morgan fingerprint density at radius 2 is 1.27 bits per heavy atom. The van der Waals surface area contributed by atoms with Crippen molar-refractivity contribution in [3.8, 4) is 5.75 Å². The fraction of sp³-hybridized carbons (Fsp3) is 0.139. The Hall–Kier alpha value is -5.80. The van der Waals surface area contributed by atoms with Gasteiger partial charge >= 0.3 is 0 Å². The minimum atomic E-state index is -5.17. The lowest BCUT2D eigenvalue weighted by molar-refractivity contribution is -0.434. The van der Waals surface area contributed by atoms with Crippen molar-refractivity contribution in [2.75, 3.05) is 34.5 Å². The number of aromatic hydroxyl groups is 1. The summed E-state index contributed by atoms with van der Waals surface area (Å²) < 4.78 is 134. The van der Waals surface area contributed by atoms with Gasteiger partial charge in [-0.15, -0.1) is 29.1 Å². The number of nitrogens with zero attached hydrogens (tertiary/aromatic N) is 7. The standard InChI is InChI=1S/C36H33ClN10O18S6/c1-2-14-68(51,52)21-6-3-19(4-7-21)39-35-41-34(37)42-36(43-35)40-20-5-12-29(70(55,56)57)27(16-20)45-47-32-28(66-64-62-49)18-24-23(33(32)48)9-10-25(38)31(24)46-44-26-11-8-22(17-30(26)71(58,59)60)69(53,54)15-13-61-67-65-63-50/h3-12,16-18,48-50H,2,13-15,38H2,1H3,(H,55,56,57)(H,58,59,60)(H2,39,40,41,42,43). The first-order valence-electron chi connectivity index (χ1n) is 19.1. The van der Waals surface area contributed by atoms with Crippen molar-refractivity contribution in [1.29, 1.82) is 0 Å². The second-order valence-electron chi connectivity index (χ2n) is 13.8. The van der Waals surface area contributed by atoms with Crippen molar-refractivity contribution in [2.24, 2.45) is 20.5 Å². The molecule has 28 nitrogen and oxygen atoms in total. The molecule has 0 aliphatic carbocycles. The lowest BCUT2D eigenvalue weighted by atomic mass is 10.1. The van der Waals surface area contributed by atoms with Gasteiger partial charge in [-0.05, 0) is 96.9 Å². The zero-order valence-corrected chi connectivity index (χ0v) is 41.1. The molecular formula is C36H33ClN10O18S6. The average molecular weight is 1120 g/mol. The van der Waals surface area contributed by atoms with Crippen molar-refractivity contribution >= 4 is 138 Å². The summed E-state index contributed by atoms with van der Waals surface area (Å²) in [7, 11) is -17.9. The van der Waals surface area contributed by atoms with Gasteiger partial charge in [0.1, 0.15) is 32.5 Å². The number of aromatic nitrogens is 3. The minimum Gasteiger partial charge on any atom is -0.505 e. The summed E-state index contributed by atoms with van der Waals surface area (Å²) in [6.07, 6.45) is 0.430. The number of phenols is 1. The van der Waals surface area contributed by atoms with E-state index in [-0.39, 0.29) is 84.9 Å². The van der Waals surface area contributed by atoms with E-state index in [4.69, 9.17) is 32.0 Å². The number of hydrogen-bond acceptors (Lipinski definition) is 28. The number of benzene rings is 5. The molecule has 0 unspecified atom stereocenters. The van der Waals surface area contributed by atoms with Gasteiger partial charge in [-0.2, -0.15) is 31.8 Å². The van der Waals surface area contributed by atoms with Gasteiger partial charge < -0.3 is 21.5 Å². The summed E-state index contributed by atoms with van der Waals surface area (Å²) in [5, 5.41) is 56.9. The van der Waals surface area contributed by atoms with E-state index in [0.717, 1.165) is 24.3 Å². The predicted molar refractivity (Wildman–Crippen MR) is 252 cm³/mol. The highest BCUT2D eigenvalue weighted by Gasteiger charge is 2.24. The third-order valence-electron chi connectivity index (χ3n) is 9.06. The summed E-state index contributed by atoms with van der Waals surface area (Å²) >= 11 is 6.50. The molecule has 6 aromatic rings. The van der Waals surface area contributed by atoms with Crippen LogP contribution in [0.5, 0.6) is 5.75 Å². The van der Waals surface area contributed by atoms with Crippen LogP contribution in [0.2, 0.25) is 5.28 Å². The second-order valence-corrected chi connectivity index (χ2v) is 22.3. The molecule has 0 spiro atoms. The topological polar surface area (TPSA) is 422 Å². The molecular weight excluding hydrogens is 1090 g/mol. The lowest BCUT2D eigenvalue weighted by Gasteiger charge is -2.12. The van der Waals surface area contributed by atoms with Crippen LogP contribution >= 0.6 is 36.0 Å². The van der Waals surface area contributed by atoms with E-state index in [9.17, 15) is 47.9 Å². The molecule has 0 bridgehead atoms. The molecule has 1 aromatic heterocycles. The van der Waals surface area contributed by atoms with Gasteiger partial charge in [0, 0.05) is 22.1 Å². The van der Waals surface area contributed by atoms with Crippen LogP contribution in [0.1, 0.15) is 13.3 Å². The maximum absolute atomic E-state index is 12.9. The molecule has 378 valence electrons. The van der Waals surface area contributed by atoms with Crippen molar-refractivity contribution in [3.05, 3.63) is 84.1 Å². The van der Waals surface area contributed by atoms with Gasteiger partial charge in [-0.3, -0.25) is 13.3 Å². The van der Waals surface area contributed by atoms with Crippen LogP contribution < -0.4 is 16.4 Å². The Morgan fingerprint density at radius 1 is 0.662 bits per heavy atom. The number of sulfone groups is 2. The first-order valence-corrected chi connectivity index (χ1v) is 27.1. The van der Waals surface area contributed by atoms with Crippen LogP contribution in [-0.2, 0) is 62.8 Å². The summed E-state index contributed by atoms with van der Waals surface area (Å²) in [5.74, 6) is -1.74. The molecule has 0 saturated heterocycles. The third-order valence-corrected chi connectivity index (χ3v) is 15.6. The van der Waals surface area contributed by atoms with Crippen molar-refractivity contribution in [1.82, 2.24) is 15.0 Å². The lowest BCUT2D eigenvalue weighted by Crippen LogP contribution is -2.12. The number of rotatable bonds is 23. The summed E-state index contributed by atoms with van der Waals surface area (Å²) in [6.45, 7) is 1.23. The van der Waals surface area contributed by atoms with Gasteiger partial charge in [0.25, 0.3) is 20.2 Å². The molecule has 35 heteroatoms. The molecule has 0 radical (unpaired) electrons. The molecule has 0 fully saturated rings. The monoisotopic (exact) mass is 1120 g/mol. The van der Waals surface area contributed by atoms with Crippen molar-refractivity contribution < 1.29 is 81.3 Å². The Balaban J connectivity index is 1.34. The summed E-state index contributed by atoms with van der Waals surface area (Å²) in [5.41, 5.74) is 4.69. The SMILES string of the molecule is CCCS(=O)(=O)c1ccc(Nc2nc(Cl)nc(Nc3ccc(S(=O)(=O)O)c(N=Nc4c(SOOO)cc5c(N=Nc6ccc(S(=O)(=O)CCOSOOO)cc6S(=O)(=O)O)c(N)ccc5c4O)c3)n2)cc1. The molecule has 9 N–H and O–H groups in total. The quantitative estimate of drug-likeness (QED) is 0.00570. The second kappa shape index (κ2) is 23.2. The Morgan fingerprint density at radius 3 is 1.92 bits per heavy atom. The molecule has 0 atom stereocenters. The molecule has 71 heavy (non-hydrogen) atoms. The number of azo groups is 2. The molecule has 1 heterocycles. The maximum Gasteiger partial charge on any atom is 0.296 e. The van der Waals surface area contributed by atoms with Crippen molar-refractivity contribution in [2.45, 2.75) is 37.8 Å². The molecule has 6 rings (SSSR count). The molecule has 5 aromatic carbocycles. The van der Waals surface area contributed by atoms with Crippen LogP contribution in [-0.4, -0.2) is 91.5 Å². The molecule has 0 aliphatic rings. The number of nitrogens with two attached hydrogens (primary N) is 1. The number of halogens is 1. The number of nitrogens with one attached hydrogen (secondary N) is 2. The van der Waals surface area contributed by atoms with Crippen LogP contribution in [0.25, 0.3) is 10.8 Å². The van der Waals surface area contributed by atoms with E-state index in [0.29, 0.717) is 18.2 Å². The minimum absolute atomic E-state index is 0.0336. The Labute approximate surface area is 415 Å². The fourth-order valence-electron chi connectivity index (χ4n) is 6.00. The van der Waals surface area contributed by atoms with Gasteiger partial charge in [-0.1, -0.05) is 17.0 Å². The zero-order valence-electron chi connectivity index (χ0n) is 35.4. The Kier molecular flexibility index (Phi) is 17.8. The average Bonchev–Trinajstić information content (AvgIpc) is 3.29. The molecule has 0 aliphatic heterocycles. The van der Waals surface area contributed by atoms with E-state index in [1.54, 1.807) is 6.92 Å². The maximum atomic E-state index is 12.9. The highest BCUT2D eigenvalue weighted by atomic mass is 35.5. The van der Waals surface area contributed by atoms with Gasteiger partial charge in [0.2, 0.25) is 17.2 Å². The summed E-state index contributed by atoms with van der Waals surface area (Å²) in [6, 6.07) is 15.2. The van der Waals surface area contributed by atoms with E-state index in [2.05, 4.69) is 64.8 Å². The number of anilines is 5. The molecule has 0 saturated carbocycles. The first kappa shape index (κ1) is 54.5. The number of nitrogen functional groups attached to an aromatic ring is 1. The first-order chi connectivity index (χ1) is 33.5.